The fourth-order valence-corrected chi connectivity index (χ4v) is 3.40. The second-order valence-corrected chi connectivity index (χ2v) is 7.90. The van der Waals surface area contributed by atoms with Gasteiger partial charge in [-0.3, -0.25) is 9.59 Å². The zero-order valence-corrected chi connectivity index (χ0v) is 19.2. The monoisotopic (exact) mass is 485 g/mol. The summed E-state index contributed by atoms with van der Waals surface area (Å²) in [6.45, 7) is -0.234. The van der Waals surface area contributed by atoms with Gasteiger partial charge in [-0.1, -0.05) is 48.0 Å². The van der Waals surface area contributed by atoms with Gasteiger partial charge in [0.25, 0.3) is 11.8 Å². The minimum absolute atomic E-state index is 0.234. The first kappa shape index (κ1) is 23.7. The molecule has 0 aliphatic heterocycles. The number of fused-ring (bicyclic) bond motifs is 1. The summed E-state index contributed by atoms with van der Waals surface area (Å²) < 4.78 is 5.50. The van der Waals surface area contributed by atoms with Crippen molar-refractivity contribution in [2.45, 2.75) is 0 Å². The average Bonchev–Trinajstić information content (AvgIpc) is 2.88. The molecule has 0 unspecified atom stereocenters. The SMILES string of the molecule is O=C(CNC(=O)c1ccc(Cl)cc1)N/N=C\c1ccc(OC(=O)c2cccc3ccccc23)cc1. The molecule has 0 radical (unpaired) electrons. The number of halogens is 1. The van der Waals surface area contributed by atoms with Crippen LogP contribution >= 0.6 is 11.6 Å². The Morgan fingerprint density at radius 1 is 0.857 bits per heavy atom. The lowest BCUT2D eigenvalue weighted by atomic mass is 10.0. The van der Waals surface area contributed by atoms with Gasteiger partial charge in [-0.25, -0.2) is 10.2 Å². The predicted octanol–water partition coefficient (Wildman–Crippen LogP) is 4.59. The van der Waals surface area contributed by atoms with Crippen molar-refractivity contribution >= 4 is 46.4 Å². The fraction of sp³-hybridized carbons (Fsp3) is 0.0370. The molecule has 2 N–H and O–H groups in total. The van der Waals surface area contributed by atoms with E-state index in [1.165, 1.54) is 6.21 Å². The normalized spacial score (nSPS) is 10.8. The maximum absolute atomic E-state index is 12.6. The zero-order chi connectivity index (χ0) is 24.6. The molecular formula is C27H20ClN3O4. The molecule has 0 fully saturated rings. The van der Waals surface area contributed by atoms with E-state index in [0.29, 0.717) is 27.5 Å². The van der Waals surface area contributed by atoms with Crippen molar-refractivity contribution in [3.05, 3.63) is 113 Å². The van der Waals surface area contributed by atoms with Gasteiger partial charge in [-0.05, 0) is 70.9 Å². The molecule has 0 saturated heterocycles. The standard InChI is InChI=1S/C27H20ClN3O4/c28-21-12-10-20(11-13-21)26(33)29-17-25(32)31-30-16-18-8-14-22(15-9-18)35-27(34)24-7-3-5-19-4-1-2-6-23(19)24/h1-16H,17H2,(H,29,33)(H,31,32)/b30-16-. The van der Waals surface area contributed by atoms with Crippen LogP contribution in [-0.2, 0) is 4.79 Å². The average molecular weight is 486 g/mol. The minimum atomic E-state index is -0.482. The molecule has 7 nitrogen and oxygen atoms in total. The van der Waals surface area contributed by atoms with Gasteiger partial charge < -0.3 is 10.1 Å². The lowest BCUT2D eigenvalue weighted by Gasteiger charge is -2.07. The Morgan fingerprint density at radius 3 is 2.34 bits per heavy atom. The summed E-state index contributed by atoms with van der Waals surface area (Å²) >= 11 is 5.79. The van der Waals surface area contributed by atoms with E-state index in [-0.39, 0.29) is 6.54 Å². The molecule has 4 rings (SSSR count). The van der Waals surface area contributed by atoms with Crippen molar-refractivity contribution in [3.63, 3.8) is 0 Å². The van der Waals surface area contributed by atoms with Crippen LogP contribution in [0.5, 0.6) is 5.75 Å². The van der Waals surface area contributed by atoms with Crippen molar-refractivity contribution in [2.75, 3.05) is 6.54 Å². The molecule has 0 atom stereocenters. The number of hydrazone groups is 1. The number of carbonyl (C=O) groups is 3. The number of rotatable bonds is 7. The number of nitrogens with zero attached hydrogens (tertiary/aromatic N) is 1. The molecule has 0 spiro atoms. The topological polar surface area (TPSA) is 96.9 Å². The van der Waals surface area contributed by atoms with Crippen molar-refractivity contribution in [3.8, 4) is 5.75 Å². The molecule has 8 heteroatoms. The molecule has 0 heterocycles. The number of nitrogens with one attached hydrogen (secondary N) is 2. The number of hydrogen-bond acceptors (Lipinski definition) is 5. The Morgan fingerprint density at radius 2 is 1.57 bits per heavy atom. The lowest BCUT2D eigenvalue weighted by Crippen LogP contribution is -2.34. The van der Waals surface area contributed by atoms with Crippen LogP contribution in [0.3, 0.4) is 0 Å². The van der Waals surface area contributed by atoms with Gasteiger partial charge in [0, 0.05) is 10.6 Å². The van der Waals surface area contributed by atoms with Crippen molar-refractivity contribution < 1.29 is 19.1 Å². The third-order valence-corrected chi connectivity index (χ3v) is 5.27. The third-order valence-electron chi connectivity index (χ3n) is 5.02. The highest BCUT2D eigenvalue weighted by Gasteiger charge is 2.12. The highest BCUT2D eigenvalue weighted by atomic mass is 35.5. The Hall–Kier alpha value is -4.49. The van der Waals surface area contributed by atoms with Gasteiger partial charge in [0.05, 0.1) is 18.3 Å². The first-order valence-electron chi connectivity index (χ1n) is 10.7. The molecule has 4 aromatic rings. The molecular weight excluding hydrogens is 466 g/mol. The Kier molecular flexibility index (Phi) is 7.50. The number of benzene rings is 4. The summed E-state index contributed by atoms with van der Waals surface area (Å²) in [4.78, 5) is 36.6. The van der Waals surface area contributed by atoms with Crippen molar-refractivity contribution in [1.82, 2.24) is 10.7 Å². The van der Waals surface area contributed by atoms with Crippen LogP contribution < -0.4 is 15.5 Å². The van der Waals surface area contributed by atoms with Gasteiger partial charge in [-0.15, -0.1) is 0 Å². The summed E-state index contributed by atoms with van der Waals surface area (Å²) in [6.07, 6.45) is 1.44. The van der Waals surface area contributed by atoms with E-state index in [0.717, 1.165) is 10.8 Å². The first-order valence-corrected chi connectivity index (χ1v) is 11.0. The van der Waals surface area contributed by atoms with Gasteiger partial charge in [-0.2, -0.15) is 5.10 Å². The fourth-order valence-electron chi connectivity index (χ4n) is 3.27. The van der Waals surface area contributed by atoms with Crippen LogP contribution in [0.25, 0.3) is 10.8 Å². The summed E-state index contributed by atoms with van der Waals surface area (Å²) in [5.41, 5.74) is 3.90. The second-order valence-electron chi connectivity index (χ2n) is 7.47. The lowest BCUT2D eigenvalue weighted by molar-refractivity contribution is -0.120. The second kappa shape index (κ2) is 11.1. The number of carbonyl (C=O) groups excluding carboxylic acids is 3. The summed E-state index contributed by atoms with van der Waals surface area (Å²) in [6, 6.07) is 26.1. The van der Waals surface area contributed by atoms with Crippen LogP contribution in [0.15, 0.2) is 96.1 Å². The highest BCUT2D eigenvalue weighted by molar-refractivity contribution is 6.30. The third kappa shape index (κ3) is 6.31. The van der Waals surface area contributed by atoms with Crippen molar-refractivity contribution in [1.29, 1.82) is 0 Å². The van der Waals surface area contributed by atoms with Crippen LogP contribution in [-0.4, -0.2) is 30.5 Å². The molecule has 2 amide bonds. The number of amides is 2. The molecule has 0 aliphatic rings. The van der Waals surface area contributed by atoms with Crippen LogP contribution in [0.1, 0.15) is 26.3 Å². The molecule has 174 valence electrons. The maximum atomic E-state index is 12.6. The highest BCUT2D eigenvalue weighted by Crippen LogP contribution is 2.21. The van der Waals surface area contributed by atoms with Crippen LogP contribution in [0.4, 0.5) is 0 Å². The number of esters is 1. The van der Waals surface area contributed by atoms with Gasteiger partial charge in [0.15, 0.2) is 0 Å². The van der Waals surface area contributed by atoms with Gasteiger partial charge >= 0.3 is 5.97 Å². The van der Waals surface area contributed by atoms with Crippen molar-refractivity contribution in [2.24, 2.45) is 5.10 Å². The quantitative estimate of drug-likeness (QED) is 0.173. The molecule has 0 aromatic heterocycles. The van der Waals surface area contributed by atoms with E-state index in [9.17, 15) is 14.4 Å². The smallest absolute Gasteiger partial charge is 0.344 e. The van der Waals surface area contributed by atoms with E-state index < -0.39 is 17.8 Å². The molecule has 35 heavy (non-hydrogen) atoms. The van der Waals surface area contributed by atoms with Gasteiger partial charge in [0.1, 0.15) is 5.75 Å². The Labute approximate surface area is 206 Å². The Balaban J connectivity index is 1.27. The zero-order valence-electron chi connectivity index (χ0n) is 18.4. The predicted molar refractivity (Wildman–Crippen MR) is 135 cm³/mol. The Bertz CT molecular complexity index is 1400. The van der Waals surface area contributed by atoms with Gasteiger partial charge in [0.2, 0.25) is 0 Å². The number of hydrogen-bond donors (Lipinski definition) is 2. The summed E-state index contributed by atoms with van der Waals surface area (Å²) in [7, 11) is 0. The molecule has 0 bridgehead atoms. The van der Waals surface area contributed by atoms with E-state index in [2.05, 4.69) is 15.8 Å². The van der Waals surface area contributed by atoms with E-state index in [1.54, 1.807) is 54.6 Å². The largest absolute Gasteiger partial charge is 0.423 e. The van der Waals surface area contributed by atoms with Crippen LogP contribution in [0, 0.1) is 0 Å². The molecule has 0 aliphatic carbocycles. The molecule has 0 saturated carbocycles. The van der Waals surface area contributed by atoms with E-state index in [4.69, 9.17) is 16.3 Å². The summed E-state index contributed by atoms with van der Waals surface area (Å²) in [5, 5.41) is 8.68. The number of ether oxygens (including phenoxy) is 1. The molecule has 4 aromatic carbocycles. The maximum Gasteiger partial charge on any atom is 0.344 e. The van der Waals surface area contributed by atoms with E-state index in [1.807, 2.05) is 36.4 Å². The first-order chi connectivity index (χ1) is 17.0. The summed E-state index contributed by atoms with van der Waals surface area (Å²) in [5.74, 6) is -0.941. The van der Waals surface area contributed by atoms with E-state index >= 15 is 0 Å². The van der Waals surface area contributed by atoms with Crippen LogP contribution in [0.2, 0.25) is 5.02 Å². The minimum Gasteiger partial charge on any atom is -0.423 e.